The minimum Gasteiger partial charge on any atom is -0.245 e. The monoisotopic (exact) mass is 319 g/mol. The SMILES string of the molecule is O=c1n(-c2ccccc2)c(=O)n2n1[C@H]1C=C[C@H]2[C@@]23C=C[C@]12CCC3. The fourth-order valence-electron chi connectivity index (χ4n) is 5.79. The molecule has 0 unspecified atom stereocenters. The summed E-state index contributed by atoms with van der Waals surface area (Å²) in [5.74, 6) is 0. The highest BCUT2D eigenvalue weighted by Crippen LogP contribution is 2.74. The molecule has 0 saturated heterocycles. The fourth-order valence-corrected chi connectivity index (χ4v) is 5.79. The molecule has 3 heterocycles. The normalized spacial score (nSPS) is 37.0. The van der Waals surface area contributed by atoms with Gasteiger partial charge in [-0.25, -0.2) is 23.5 Å². The minimum atomic E-state index is -0.222. The molecule has 2 aliphatic heterocycles. The van der Waals surface area contributed by atoms with Gasteiger partial charge in [-0.05, 0) is 25.0 Å². The summed E-state index contributed by atoms with van der Waals surface area (Å²) >= 11 is 0. The Balaban J connectivity index is 1.69. The Morgan fingerprint density at radius 3 is 1.88 bits per heavy atom. The first-order chi connectivity index (χ1) is 11.7. The van der Waals surface area contributed by atoms with Gasteiger partial charge in [-0.3, -0.25) is 0 Å². The van der Waals surface area contributed by atoms with E-state index in [9.17, 15) is 9.59 Å². The number of allylic oxidation sites excluding steroid dienone is 4. The molecule has 2 aromatic rings. The van der Waals surface area contributed by atoms with Crippen molar-refractivity contribution in [3.63, 3.8) is 0 Å². The van der Waals surface area contributed by atoms with E-state index in [1.807, 2.05) is 30.3 Å². The standard InChI is InChI=1S/C19H17N3O2/c23-16-20(13-5-2-1-3-6-13)17(24)22-15-8-7-14(21(16)22)18-9-4-10-19(15,18)12-11-18/h1-3,5-8,11-12,14-15H,4,9-10H2/t14-,15-,18+,19+/m0/s1. The van der Waals surface area contributed by atoms with E-state index in [1.165, 1.54) is 4.57 Å². The Kier molecular flexibility index (Phi) is 2.00. The summed E-state index contributed by atoms with van der Waals surface area (Å²) in [5, 5.41) is 0. The van der Waals surface area contributed by atoms with Gasteiger partial charge in [0.15, 0.2) is 0 Å². The molecule has 2 bridgehead atoms. The number of aromatic nitrogens is 3. The number of para-hydroxylation sites is 1. The lowest BCUT2D eigenvalue weighted by Gasteiger charge is -2.62. The van der Waals surface area contributed by atoms with E-state index in [1.54, 1.807) is 9.36 Å². The van der Waals surface area contributed by atoms with E-state index < -0.39 is 0 Å². The topological polar surface area (TPSA) is 48.9 Å². The van der Waals surface area contributed by atoms with E-state index in [0.29, 0.717) is 5.69 Å². The summed E-state index contributed by atoms with van der Waals surface area (Å²) in [6.45, 7) is 0. The first-order valence-electron chi connectivity index (χ1n) is 8.60. The number of nitrogens with zero attached hydrogens (tertiary/aromatic N) is 3. The van der Waals surface area contributed by atoms with Crippen molar-refractivity contribution in [2.45, 2.75) is 31.3 Å². The molecule has 7 rings (SSSR count). The predicted molar refractivity (Wildman–Crippen MR) is 89.4 cm³/mol. The summed E-state index contributed by atoms with van der Waals surface area (Å²) < 4.78 is 4.75. The molecule has 5 heteroatoms. The van der Waals surface area contributed by atoms with Gasteiger partial charge >= 0.3 is 11.4 Å². The van der Waals surface area contributed by atoms with Crippen LogP contribution in [0.25, 0.3) is 5.69 Å². The fraction of sp³-hybridized carbons (Fsp3) is 0.368. The third-order valence-corrected chi connectivity index (χ3v) is 6.80. The lowest BCUT2D eigenvalue weighted by atomic mass is 9.48. The minimum absolute atomic E-state index is 0.0333. The van der Waals surface area contributed by atoms with Crippen molar-refractivity contribution >= 4 is 0 Å². The Hall–Kier alpha value is -2.56. The van der Waals surface area contributed by atoms with E-state index >= 15 is 0 Å². The molecule has 1 aromatic heterocycles. The smallest absolute Gasteiger partial charge is 0.245 e. The van der Waals surface area contributed by atoms with Crippen LogP contribution in [0.4, 0.5) is 0 Å². The quantitative estimate of drug-likeness (QED) is 0.757. The van der Waals surface area contributed by atoms with Gasteiger partial charge in [0.05, 0.1) is 17.8 Å². The molecule has 1 aromatic carbocycles. The largest absolute Gasteiger partial charge is 0.352 e. The van der Waals surface area contributed by atoms with Crippen LogP contribution < -0.4 is 11.4 Å². The molecular weight excluding hydrogens is 302 g/mol. The van der Waals surface area contributed by atoms with Crippen LogP contribution in [-0.4, -0.2) is 13.9 Å². The predicted octanol–water partition coefficient (Wildman–Crippen LogP) is 2.19. The van der Waals surface area contributed by atoms with Crippen molar-refractivity contribution in [3.05, 3.63) is 75.6 Å². The van der Waals surface area contributed by atoms with Gasteiger partial charge in [-0.15, -0.1) is 0 Å². The summed E-state index contributed by atoms with van der Waals surface area (Å²) in [6.07, 6.45) is 12.2. The maximum absolute atomic E-state index is 13.1. The van der Waals surface area contributed by atoms with Gasteiger partial charge in [0, 0.05) is 10.8 Å². The van der Waals surface area contributed by atoms with Crippen molar-refractivity contribution in [2.24, 2.45) is 10.8 Å². The molecule has 3 aliphatic carbocycles. The first kappa shape index (κ1) is 12.8. The average molecular weight is 319 g/mol. The molecule has 0 N–H and O–H groups in total. The highest BCUT2D eigenvalue weighted by molar-refractivity contribution is 5.42. The van der Waals surface area contributed by atoms with Gasteiger partial charge in [-0.1, -0.05) is 48.9 Å². The van der Waals surface area contributed by atoms with Crippen molar-refractivity contribution < 1.29 is 0 Å². The lowest BCUT2D eigenvalue weighted by Crippen LogP contribution is -2.61. The number of benzene rings is 1. The first-order valence-corrected chi connectivity index (χ1v) is 8.60. The Labute approximate surface area is 138 Å². The Bertz CT molecular complexity index is 993. The van der Waals surface area contributed by atoms with Crippen LogP contribution >= 0.6 is 0 Å². The second-order valence-corrected chi connectivity index (χ2v) is 7.47. The average Bonchev–Trinajstić information content (AvgIpc) is 3.05. The lowest BCUT2D eigenvalue weighted by molar-refractivity contribution is -0.0229. The van der Waals surface area contributed by atoms with Gasteiger partial charge in [0.25, 0.3) is 0 Å². The van der Waals surface area contributed by atoms with Crippen molar-refractivity contribution in [2.75, 3.05) is 0 Å². The zero-order chi connectivity index (χ0) is 16.1. The molecule has 4 atom stereocenters. The number of hydrogen-bond acceptors (Lipinski definition) is 2. The molecule has 5 aliphatic rings. The molecule has 0 radical (unpaired) electrons. The third kappa shape index (κ3) is 1.07. The summed E-state index contributed by atoms with van der Waals surface area (Å²) in [7, 11) is 0. The highest BCUT2D eigenvalue weighted by Gasteiger charge is 2.69. The van der Waals surface area contributed by atoms with Crippen LogP contribution in [-0.2, 0) is 0 Å². The molecular formula is C19H17N3O2. The molecule has 5 nitrogen and oxygen atoms in total. The van der Waals surface area contributed by atoms with Crippen LogP contribution in [0.3, 0.4) is 0 Å². The molecule has 1 saturated carbocycles. The van der Waals surface area contributed by atoms with Crippen molar-refractivity contribution in [1.29, 1.82) is 0 Å². The van der Waals surface area contributed by atoms with E-state index in [-0.39, 0.29) is 34.3 Å². The molecule has 0 spiro atoms. The maximum atomic E-state index is 13.1. The second kappa shape index (κ2) is 3.74. The van der Waals surface area contributed by atoms with Crippen LogP contribution in [0.5, 0.6) is 0 Å². The number of rotatable bonds is 1. The van der Waals surface area contributed by atoms with E-state index in [2.05, 4.69) is 24.3 Å². The van der Waals surface area contributed by atoms with Crippen LogP contribution in [0.2, 0.25) is 0 Å². The van der Waals surface area contributed by atoms with E-state index in [4.69, 9.17) is 0 Å². The highest BCUT2D eigenvalue weighted by atomic mass is 16.2. The molecule has 24 heavy (non-hydrogen) atoms. The summed E-state index contributed by atoms with van der Waals surface area (Å²) in [5.41, 5.74) is 0.264. The Morgan fingerprint density at radius 1 is 0.833 bits per heavy atom. The molecule has 1 fully saturated rings. The van der Waals surface area contributed by atoms with Gasteiger partial charge in [-0.2, -0.15) is 0 Å². The molecule has 120 valence electrons. The summed E-state index contributed by atoms with van der Waals surface area (Å²) in [6, 6.07) is 9.14. The van der Waals surface area contributed by atoms with Gasteiger partial charge in [0.2, 0.25) is 0 Å². The van der Waals surface area contributed by atoms with E-state index in [0.717, 1.165) is 19.3 Å². The number of hydrogen-bond donors (Lipinski definition) is 0. The van der Waals surface area contributed by atoms with Gasteiger partial charge < -0.3 is 0 Å². The van der Waals surface area contributed by atoms with Crippen molar-refractivity contribution in [3.8, 4) is 5.69 Å². The zero-order valence-corrected chi connectivity index (χ0v) is 13.1. The molecule has 0 amide bonds. The third-order valence-electron chi connectivity index (χ3n) is 6.80. The van der Waals surface area contributed by atoms with Crippen LogP contribution in [0.15, 0.2) is 64.2 Å². The Morgan fingerprint density at radius 2 is 1.38 bits per heavy atom. The summed E-state index contributed by atoms with van der Waals surface area (Å²) in [4.78, 5) is 26.3. The maximum Gasteiger partial charge on any atom is 0.352 e. The van der Waals surface area contributed by atoms with Crippen LogP contribution in [0.1, 0.15) is 31.3 Å². The van der Waals surface area contributed by atoms with Crippen molar-refractivity contribution in [1.82, 2.24) is 13.9 Å². The van der Waals surface area contributed by atoms with Gasteiger partial charge in [0.1, 0.15) is 0 Å². The second-order valence-electron chi connectivity index (χ2n) is 7.47. The zero-order valence-electron chi connectivity index (χ0n) is 13.1. The van der Waals surface area contributed by atoms with Crippen LogP contribution in [0, 0.1) is 10.8 Å².